The van der Waals surface area contributed by atoms with Crippen molar-refractivity contribution >= 4 is 5.96 Å². The number of hydrogen-bond donors (Lipinski definition) is 3. The van der Waals surface area contributed by atoms with Gasteiger partial charge in [-0.05, 0) is 46.2 Å². The van der Waals surface area contributed by atoms with Crippen LogP contribution in [0, 0.1) is 0 Å². The Hall–Kier alpha value is -0.810. The lowest BCUT2D eigenvalue weighted by Gasteiger charge is -2.26. The van der Waals surface area contributed by atoms with Crippen LogP contribution in [0.4, 0.5) is 0 Å². The van der Waals surface area contributed by atoms with Crippen molar-refractivity contribution in [1.82, 2.24) is 15.5 Å². The van der Waals surface area contributed by atoms with Crippen molar-refractivity contribution in [2.75, 3.05) is 33.2 Å². The lowest BCUT2D eigenvalue weighted by atomic mass is 9.93. The van der Waals surface area contributed by atoms with E-state index in [1.54, 1.807) is 0 Å². The molecule has 130 valence electrons. The number of aliphatic hydroxyl groups is 1. The molecule has 1 fully saturated rings. The fraction of sp³-hybridized carbons (Fsp3) is 0.941. The van der Waals surface area contributed by atoms with E-state index < -0.39 is 5.60 Å². The first-order valence-corrected chi connectivity index (χ1v) is 8.99. The van der Waals surface area contributed by atoms with Gasteiger partial charge in [-0.2, -0.15) is 0 Å². The molecule has 1 unspecified atom stereocenters. The van der Waals surface area contributed by atoms with Crippen LogP contribution in [0.1, 0.15) is 59.3 Å². The van der Waals surface area contributed by atoms with Crippen LogP contribution in [0.15, 0.2) is 4.99 Å². The van der Waals surface area contributed by atoms with Gasteiger partial charge in [-0.1, -0.05) is 26.7 Å². The fourth-order valence-corrected chi connectivity index (χ4v) is 3.23. The number of likely N-dealkylation sites (N-methyl/N-ethyl adjacent to an activating group) is 1. The van der Waals surface area contributed by atoms with Crippen molar-refractivity contribution in [3.63, 3.8) is 0 Å². The maximum atomic E-state index is 10.7. The Morgan fingerprint density at radius 2 is 1.91 bits per heavy atom. The third-order valence-electron chi connectivity index (χ3n) is 4.48. The molecule has 0 aromatic carbocycles. The van der Waals surface area contributed by atoms with E-state index in [1.807, 2.05) is 0 Å². The molecule has 1 atom stereocenters. The molecule has 0 aliphatic carbocycles. The van der Waals surface area contributed by atoms with E-state index in [4.69, 9.17) is 0 Å². The number of likely N-dealkylation sites (tertiary alicyclic amines) is 1. The SMILES string of the molecule is CCCC(O)(CCC)CN=C(NCC)NCC1CCCN1C. The highest BCUT2D eigenvalue weighted by atomic mass is 16.3. The molecule has 1 heterocycles. The smallest absolute Gasteiger partial charge is 0.191 e. The van der Waals surface area contributed by atoms with Crippen molar-refractivity contribution in [1.29, 1.82) is 0 Å². The molecule has 0 saturated carbocycles. The molecule has 0 spiro atoms. The zero-order valence-electron chi connectivity index (χ0n) is 15.0. The van der Waals surface area contributed by atoms with Crippen LogP contribution in [-0.2, 0) is 0 Å². The number of guanidine groups is 1. The van der Waals surface area contributed by atoms with E-state index in [9.17, 15) is 5.11 Å². The molecule has 5 heteroatoms. The molecular weight excluding hydrogens is 276 g/mol. The van der Waals surface area contributed by atoms with Crippen molar-refractivity contribution < 1.29 is 5.11 Å². The van der Waals surface area contributed by atoms with Gasteiger partial charge < -0.3 is 20.6 Å². The average Bonchev–Trinajstić information content (AvgIpc) is 2.88. The molecule has 1 aliphatic rings. The van der Waals surface area contributed by atoms with Crippen LogP contribution in [0.25, 0.3) is 0 Å². The molecule has 0 aromatic rings. The van der Waals surface area contributed by atoms with Crippen LogP contribution in [0.2, 0.25) is 0 Å². The van der Waals surface area contributed by atoms with Crippen molar-refractivity contribution in [3.05, 3.63) is 0 Å². The molecule has 1 saturated heterocycles. The Kier molecular flexibility index (Phi) is 8.79. The van der Waals surface area contributed by atoms with Gasteiger partial charge >= 0.3 is 0 Å². The topological polar surface area (TPSA) is 59.9 Å². The Balaban J connectivity index is 2.55. The second-order valence-electron chi connectivity index (χ2n) is 6.58. The fourth-order valence-electron chi connectivity index (χ4n) is 3.23. The highest BCUT2D eigenvalue weighted by Gasteiger charge is 2.25. The molecule has 22 heavy (non-hydrogen) atoms. The zero-order chi connectivity index (χ0) is 16.4. The van der Waals surface area contributed by atoms with E-state index >= 15 is 0 Å². The number of nitrogens with zero attached hydrogens (tertiary/aromatic N) is 2. The minimum Gasteiger partial charge on any atom is -0.388 e. The monoisotopic (exact) mass is 312 g/mol. The zero-order valence-corrected chi connectivity index (χ0v) is 15.0. The summed E-state index contributed by atoms with van der Waals surface area (Å²) < 4.78 is 0. The number of rotatable bonds is 9. The molecule has 0 radical (unpaired) electrons. The lowest BCUT2D eigenvalue weighted by molar-refractivity contribution is 0.0306. The Labute approximate surface area is 136 Å². The second kappa shape index (κ2) is 10.1. The summed E-state index contributed by atoms with van der Waals surface area (Å²) in [6.45, 7) is 9.72. The Morgan fingerprint density at radius 3 is 2.41 bits per heavy atom. The third kappa shape index (κ3) is 6.53. The normalized spacial score (nSPS) is 20.4. The minimum absolute atomic E-state index is 0.477. The van der Waals surface area contributed by atoms with Gasteiger partial charge in [0.2, 0.25) is 0 Å². The maximum absolute atomic E-state index is 10.7. The summed E-state index contributed by atoms with van der Waals surface area (Å²) in [5, 5.41) is 17.4. The summed E-state index contributed by atoms with van der Waals surface area (Å²) in [5.74, 6) is 0.827. The van der Waals surface area contributed by atoms with Gasteiger partial charge in [-0.25, -0.2) is 0 Å². The summed E-state index contributed by atoms with van der Waals surface area (Å²) in [7, 11) is 2.19. The standard InChI is InChI=1S/C17H36N4O/c1-5-10-17(22,11-6-2)14-20-16(18-7-3)19-13-15-9-8-12-21(15)4/h15,22H,5-14H2,1-4H3,(H2,18,19,20). The maximum Gasteiger partial charge on any atom is 0.191 e. The van der Waals surface area contributed by atoms with E-state index in [0.717, 1.165) is 44.7 Å². The first-order chi connectivity index (χ1) is 10.5. The van der Waals surface area contributed by atoms with Crippen molar-refractivity contribution in [2.24, 2.45) is 4.99 Å². The summed E-state index contributed by atoms with van der Waals surface area (Å²) in [4.78, 5) is 7.04. The van der Waals surface area contributed by atoms with E-state index in [1.165, 1.54) is 19.4 Å². The Bertz CT molecular complexity index is 327. The first kappa shape index (κ1) is 19.2. The summed E-state index contributed by atoms with van der Waals surface area (Å²) in [6, 6.07) is 0.592. The molecule has 0 aromatic heterocycles. The van der Waals surface area contributed by atoms with E-state index in [-0.39, 0.29) is 0 Å². The molecule has 0 amide bonds. The molecule has 1 aliphatic heterocycles. The Morgan fingerprint density at radius 1 is 1.23 bits per heavy atom. The van der Waals surface area contributed by atoms with Gasteiger partial charge in [0.25, 0.3) is 0 Å². The van der Waals surface area contributed by atoms with Crippen LogP contribution in [0.3, 0.4) is 0 Å². The van der Waals surface area contributed by atoms with E-state index in [2.05, 4.69) is 48.3 Å². The predicted octanol–water partition coefficient (Wildman–Crippen LogP) is 1.97. The molecule has 0 bridgehead atoms. The summed E-state index contributed by atoms with van der Waals surface area (Å²) >= 11 is 0. The largest absolute Gasteiger partial charge is 0.388 e. The summed E-state index contributed by atoms with van der Waals surface area (Å²) in [6.07, 6.45) is 6.14. The van der Waals surface area contributed by atoms with E-state index in [0.29, 0.717) is 12.6 Å². The molecule has 3 N–H and O–H groups in total. The molecule has 5 nitrogen and oxygen atoms in total. The third-order valence-corrected chi connectivity index (χ3v) is 4.48. The highest BCUT2D eigenvalue weighted by molar-refractivity contribution is 5.79. The summed E-state index contributed by atoms with van der Waals surface area (Å²) in [5.41, 5.74) is -0.657. The minimum atomic E-state index is -0.657. The second-order valence-corrected chi connectivity index (χ2v) is 6.58. The van der Waals surface area contributed by atoms with Crippen LogP contribution in [0.5, 0.6) is 0 Å². The molecular formula is C17H36N4O. The van der Waals surface area contributed by atoms with Crippen molar-refractivity contribution in [3.8, 4) is 0 Å². The van der Waals surface area contributed by atoms with Crippen LogP contribution in [-0.4, -0.2) is 60.8 Å². The van der Waals surface area contributed by atoms with Crippen LogP contribution >= 0.6 is 0 Å². The first-order valence-electron chi connectivity index (χ1n) is 8.99. The average molecular weight is 313 g/mol. The number of aliphatic imine (C=N–C) groups is 1. The van der Waals surface area contributed by atoms with Crippen molar-refractivity contribution in [2.45, 2.75) is 70.9 Å². The highest BCUT2D eigenvalue weighted by Crippen LogP contribution is 2.20. The predicted molar refractivity (Wildman–Crippen MR) is 94.4 cm³/mol. The van der Waals surface area contributed by atoms with Crippen LogP contribution < -0.4 is 10.6 Å². The van der Waals surface area contributed by atoms with Gasteiger partial charge in [-0.3, -0.25) is 4.99 Å². The number of hydrogen-bond acceptors (Lipinski definition) is 3. The number of nitrogens with one attached hydrogen (secondary N) is 2. The lowest BCUT2D eigenvalue weighted by Crippen LogP contribution is -2.45. The molecule has 1 rings (SSSR count). The van der Waals surface area contributed by atoms with Gasteiger partial charge in [0.1, 0.15) is 0 Å². The van der Waals surface area contributed by atoms with Gasteiger partial charge in [0.05, 0.1) is 12.1 Å². The van der Waals surface area contributed by atoms with Gasteiger partial charge in [-0.15, -0.1) is 0 Å². The van der Waals surface area contributed by atoms with Gasteiger partial charge in [0.15, 0.2) is 5.96 Å². The van der Waals surface area contributed by atoms with Gasteiger partial charge in [0, 0.05) is 19.1 Å². The quantitative estimate of drug-likeness (QED) is 0.450.